The summed E-state index contributed by atoms with van der Waals surface area (Å²) in [5, 5.41) is 3.95. The van der Waals surface area contributed by atoms with E-state index < -0.39 is 0 Å². The molecule has 22 heavy (non-hydrogen) atoms. The number of benzene rings is 1. The van der Waals surface area contributed by atoms with Crippen LogP contribution in [0.2, 0.25) is 0 Å². The van der Waals surface area contributed by atoms with Crippen molar-refractivity contribution in [3.05, 3.63) is 41.6 Å². The van der Waals surface area contributed by atoms with Gasteiger partial charge in [0.1, 0.15) is 0 Å². The Bertz CT molecular complexity index is 640. The first-order valence-electron chi connectivity index (χ1n) is 7.72. The van der Waals surface area contributed by atoms with Crippen molar-refractivity contribution in [3.63, 3.8) is 0 Å². The third kappa shape index (κ3) is 3.04. The van der Waals surface area contributed by atoms with Crippen molar-refractivity contribution in [1.29, 1.82) is 0 Å². The van der Waals surface area contributed by atoms with Crippen LogP contribution in [0.15, 0.2) is 34.9 Å². The number of hydrogen-bond acceptors (Lipinski definition) is 4. The molecule has 0 spiro atoms. The molecule has 116 valence electrons. The number of hydrogen-bond donors (Lipinski definition) is 0. The van der Waals surface area contributed by atoms with E-state index in [1.807, 2.05) is 36.1 Å². The summed E-state index contributed by atoms with van der Waals surface area (Å²) in [6.45, 7) is 8.55. The Morgan fingerprint density at radius 1 is 1.18 bits per heavy atom. The van der Waals surface area contributed by atoms with Gasteiger partial charge in [0.15, 0.2) is 11.5 Å². The molecule has 1 aliphatic rings. The van der Waals surface area contributed by atoms with E-state index in [0.29, 0.717) is 11.5 Å². The minimum absolute atomic E-state index is 0.0436. The number of carbonyl (C=O) groups excluding carboxylic acids is 1. The molecular formula is C17H21N3O2. The summed E-state index contributed by atoms with van der Waals surface area (Å²) in [6, 6.07) is 9.72. The van der Waals surface area contributed by atoms with Crippen LogP contribution >= 0.6 is 0 Å². The van der Waals surface area contributed by atoms with Gasteiger partial charge in [0.25, 0.3) is 5.91 Å². The van der Waals surface area contributed by atoms with Crippen molar-refractivity contribution in [2.75, 3.05) is 32.7 Å². The van der Waals surface area contributed by atoms with Gasteiger partial charge in [0.05, 0.1) is 0 Å². The summed E-state index contributed by atoms with van der Waals surface area (Å²) >= 11 is 0. The number of nitrogens with zero attached hydrogens (tertiary/aromatic N) is 3. The minimum Gasteiger partial charge on any atom is -0.355 e. The maximum atomic E-state index is 12.5. The molecule has 5 heteroatoms. The van der Waals surface area contributed by atoms with Gasteiger partial charge in [-0.1, -0.05) is 41.9 Å². The number of amides is 1. The van der Waals surface area contributed by atoms with Gasteiger partial charge in [0, 0.05) is 37.8 Å². The predicted molar refractivity (Wildman–Crippen MR) is 84.7 cm³/mol. The second kappa shape index (κ2) is 6.32. The average Bonchev–Trinajstić information content (AvgIpc) is 3.05. The molecular weight excluding hydrogens is 278 g/mol. The number of likely N-dealkylation sites (N-methyl/N-ethyl adjacent to an activating group) is 1. The minimum atomic E-state index is -0.0436. The van der Waals surface area contributed by atoms with Crippen molar-refractivity contribution in [2.24, 2.45) is 0 Å². The highest BCUT2D eigenvalue weighted by Crippen LogP contribution is 2.21. The number of rotatable bonds is 3. The SMILES string of the molecule is CCN1CCN(C(=O)c2cc(-c3ccc(C)cc3)on2)CC1. The lowest BCUT2D eigenvalue weighted by Gasteiger charge is -2.33. The molecule has 1 aromatic carbocycles. The fraction of sp³-hybridized carbons (Fsp3) is 0.412. The highest BCUT2D eigenvalue weighted by molar-refractivity contribution is 5.93. The Morgan fingerprint density at radius 2 is 1.86 bits per heavy atom. The molecule has 0 unspecified atom stereocenters. The van der Waals surface area contributed by atoms with Crippen LogP contribution < -0.4 is 0 Å². The fourth-order valence-electron chi connectivity index (χ4n) is 2.66. The number of carbonyl (C=O) groups is 1. The topological polar surface area (TPSA) is 49.6 Å². The number of aromatic nitrogens is 1. The molecule has 1 aliphatic heterocycles. The van der Waals surface area contributed by atoms with Crippen molar-refractivity contribution < 1.29 is 9.32 Å². The molecule has 1 amide bonds. The summed E-state index contributed by atoms with van der Waals surface area (Å²) in [7, 11) is 0. The second-order valence-electron chi connectivity index (χ2n) is 5.67. The van der Waals surface area contributed by atoms with Crippen molar-refractivity contribution >= 4 is 5.91 Å². The Kier molecular flexibility index (Phi) is 4.24. The molecule has 0 atom stereocenters. The van der Waals surface area contributed by atoms with Gasteiger partial charge in [-0.25, -0.2) is 0 Å². The van der Waals surface area contributed by atoms with Crippen LogP contribution in [0.4, 0.5) is 0 Å². The van der Waals surface area contributed by atoms with Crippen molar-refractivity contribution in [2.45, 2.75) is 13.8 Å². The van der Waals surface area contributed by atoms with E-state index in [4.69, 9.17) is 4.52 Å². The average molecular weight is 299 g/mol. The fourth-order valence-corrected chi connectivity index (χ4v) is 2.66. The largest absolute Gasteiger partial charge is 0.355 e. The van der Waals surface area contributed by atoms with Gasteiger partial charge < -0.3 is 14.3 Å². The van der Waals surface area contributed by atoms with Crippen LogP contribution in [0.25, 0.3) is 11.3 Å². The Labute approximate surface area is 130 Å². The highest BCUT2D eigenvalue weighted by atomic mass is 16.5. The summed E-state index contributed by atoms with van der Waals surface area (Å²) in [6.07, 6.45) is 0. The van der Waals surface area contributed by atoms with Crippen LogP contribution in [0.1, 0.15) is 23.0 Å². The smallest absolute Gasteiger partial charge is 0.276 e. The van der Waals surface area contributed by atoms with E-state index >= 15 is 0 Å². The van der Waals surface area contributed by atoms with E-state index in [1.165, 1.54) is 5.56 Å². The van der Waals surface area contributed by atoms with E-state index in [9.17, 15) is 4.79 Å². The zero-order valence-corrected chi connectivity index (χ0v) is 13.1. The van der Waals surface area contributed by atoms with Crippen LogP contribution in [0.5, 0.6) is 0 Å². The van der Waals surface area contributed by atoms with Gasteiger partial charge in [0.2, 0.25) is 0 Å². The van der Waals surface area contributed by atoms with E-state index in [0.717, 1.165) is 38.3 Å². The van der Waals surface area contributed by atoms with Crippen LogP contribution in [0, 0.1) is 6.92 Å². The third-order valence-corrected chi connectivity index (χ3v) is 4.17. The Balaban J connectivity index is 1.71. The number of piperazine rings is 1. The quantitative estimate of drug-likeness (QED) is 0.873. The molecule has 2 aromatic rings. The van der Waals surface area contributed by atoms with Gasteiger partial charge in [-0.05, 0) is 13.5 Å². The first-order valence-corrected chi connectivity index (χ1v) is 7.72. The molecule has 0 saturated carbocycles. The lowest BCUT2D eigenvalue weighted by molar-refractivity contribution is 0.0633. The monoisotopic (exact) mass is 299 g/mol. The molecule has 0 bridgehead atoms. The summed E-state index contributed by atoms with van der Waals surface area (Å²) in [5.41, 5.74) is 2.52. The first-order chi connectivity index (χ1) is 10.7. The maximum Gasteiger partial charge on any atom is 0.276 e. The zero-order valence-electron chi connectivity index (χ0n) is 13.1. The van der Waals surface area contributed by atoms with E-state index in [2.05, 4.69) is 17.0 Å². The molecule has 5 nitrogen and oxygen atoms in total. The summed E-state index contributed by atoms with van der Waals surface area (Å²) < 4.78 is 5.34. The van der Waals surface area contributed by atoms with Gasteiger partial charge in [-0.15, -0.1) is 0 Å². The molecule has 3 rings (SSSR count). The van der Waals surface area contributed by atoms with Crippen LogP contribution in [-0.4, -0.2) is 53.6 Å². The lowest BCUT2D eigenvalue weighted by Crippen LogP contribution is -2.48. The molecule has 1 aromatic heterocycles. The number of aryl methyl sites for hydroxylation is 1. The predicted octanol–water partition coefficient (Wildman–Crippen LogP) is 2.43. The standard InChI is InChI=1S/C17H21N3O2/c1-3-19-8-10-20(11-9-19)17(21)15-12-16(22-18-15)14-6-4-13(2)5-7-14/h4-7,12H,3,8-11H2,1-2H3. The highest BCUT2D eigenvalue weighted by Gasteiger charge is 2.24. The van der Waals surface area contributed by atoms with E-state index in [-0.39, 0.29) is 5.91 Å². The van der Waals surface area contributed by atoms with Gasteiger partial charge in [-0.3, -0.25) is 4.79 Å². The molecule has 1 saturated heterocycles. The molecule has 2 heterocycles. The molecule has 0 N–H and O–H groups in total. The van der Waals surface area contributed by atoms with Crippen molar-refractivity contribution in [3.8, 4) is 11.3 Å². The van der Waals surface area contributed by atoms with Gasteiger partial charge in [-0.2, -0.15) is 0 Å². The lowest BCUT2D eigenvalue weighted by atomic mass is 10.1. The zero-order chi connectivity index (χ0) is 15.5. The van der Waals surface area contributed by atoms with E-state index in [1.54, 1.807) is 6.07 Å². The Morgan fingerprint density at radius 3 is 2.50 bits per heavy atom. The summed E-state index contributed by atoms with van der Waals surface area (Å²) in [5.74, 6) is 0.591. The molecule has 0 radical (unpaired) electrons. The van der Waals surface area contributed by atoms with Crippen LogP contribution in [-0.2, 0) is 0 Å². The summed E-state index contributed by atoms with van der Waals surface area (Å²) in [4.78, 5) is 16.7. The third-order valence-electron chi connectivity index (χ3n) is 4.17. The first kappa shape index (κ1) is 14.8. The second-order valence-corrected chi connectivity index (χ2v) is 5.67. The normalized spacial score (nSPS) is 16.0. The van der Waals surface area contributed by atoms with Crippen molar-refractivity contribution in [1.82, 2.24) is 15.0 Å². The maximum absolute atomic E-state index is 12.5. The molecule has 1 fully saturated rings. The molecule has 0 aliphatic carbocycles. The van der Waals surface area contributed by atoms with Crippen LogP contribution in [0.3, 0.4) is 0 Å². The van der Waals surface area contributed by atoms with Gasteiger partial charge >= 0.3 is 0 Å². The Hall–Kier alpha value is -2.14.